The Morgan fingerprint density at radius 2 is 2.04 bits per heavy atom. The van der Waals surface area contributed by atoms with Gasteiger partial charge in [-0.05, 0) is 25.1 Å². The molecule has 0 aliphatic rings. The highest BCUT2D eigenvalue weighted by molar-refractivity contribution is 5.97. The second kappa shape index (κ2) is 6.99. The van der Waals surface area contributed by atoms with Crippen LogP contribution in [0.3, 0.4) is 0 Å². The second-order valence-electron chi connectivity index (χ2n) is 5.37. The van der Waals surface area contributed by atoms with E-state index < -0.39 is 0 Å². The summed E-state index contributed by atoms with van der Waals surface area (Å²) in [5.41, 5.74) is 2.31. The van der Waals surface area contributed by atoms with Crippen LogP contribution in [0.2, 0.25) is 0 Å². The number of aromatic amines is 1. The molecule has 0 saturated carbocycles. The summed E-state index contributed by atoms with van der Waals surface area (Å²) in [4.78, 5) is 31.3. The van der Waals surface area contributed by atoms with Crippen LogP contribution in [0.1, 0.15) is 21.9 Å². The third-order valence-electron chi connectivity index (χ3n) is 3.64. The average Bonchev–Trinajstić information content (AvgIpc) is 3.18. The van der Waals surface area contributed by atoms with E-state index in [1.165, 1.54) is 6.26 Å². The topological polar surface area (TPSA) is 100 Å². The maximum Gasteiger partial charge on any atom is 0.255 e. The molecule has 0 saturated heterocycles. The van der Waals surface area contributed by atoms with Gasteiger partial charge in [0, 0.05) is 13.0 Å². The van der Waals surface area contributed by atoms with Crippen LogP contribution in [0.5, 0.6) is 0 Å². The number of nitrogens with one attached hydrogen (secondary N) is 3. The molecular formula is C17H18N4O3. The van der Waals surface area contributed by atoms with Gasteiger partial charge < -0.3 is 20.0 Å². The van der Waals surface area contributed by atoms with E-state index in [0.29, 0.717) is 24.3 Å². The van der Waals surface area contributed by atoms with Gasteiger partial charge in [0.05, 0.1) is 29.4 Å². The van der Waals surface area contributed by atoms with E-state index in [2.05, 4.69) is 20.6 Å². The lowest BCUT2D eigenvalue weighted by Crippen LogP contribution is -2.37. The molecule has 7 nitrogen and oxygen atoms in total. The number of H-pyrrole nitrogens is 1. The van der Waals surface area contributed by atoms with E-state index in [1.807, 2.05) is 24.3 Å². The number of rotatable bonds is 6. The van der Waals surface area contributed by atoms with Crippen molar-refractivity contribution in [2.75, 3.05) is 13.1 Å². The Labute approximate surface area is 138 Å². The van der Waals surface area contributed by atoms with Gasteiger partial charge in [-0.2, -0.15) is 0 Å². The molecule has 0 aliphatic carbocycles. The first-order valence-electron chi connectivity index (χ1n) is 7.66. The van der Waals surface area contributed by atoms with E-state index in [0.717, 1.165) is 16.9 Å². The highest BCUT2D eigenvalue weighted by Crippen LogP contribution is 2.10. The molecule has 0 unspecified atom stereocenters. The number of imidazole rings is 1. The predicted octanol–water partition coefficient (Wildman–Crippen LogP) is 1.55. The first-order chi connectivity index (χ1) is 11.6. The largest absolute Gasteiger partial charge is 0.469 e. The number of fused-ring (bicyclic) bond motifs is 1. The molecule has 3 aromatic rings. The van der Waals surface area contributed by atoms with Crippen LogP contribution in [0.15, 0.2) is 41.0 Å². The van der Waals surface area contributed by atoms with Crippen LogP contribution >= 0.6 is 0 Å². The molecule has 0 bridgehead atoms. The fraction of sp³-hybridized carbons (Fsp3) is 0.235. The van der Waals surface area contributed by atoms with E-state index >= 15 is 0 Å². The van der Waals surface area contributed by atoms with Crippen molar-refractivity contribution in [3.8, 4) is 0 Å². The number of furan rings is 1. The highest BCUT2D eigenvalue weighted by Gasteiger charge is 2.12. The summed E-state index contributed by atoms with van der Waals surface area (Å²) < 4.78 is 5.06. The maximum atomic E-state index is 11.9. The van der Waals surface area contributed by atoms with Crippen LogP contribution in [-0.2, 0) is 11.2 Å². The monoisotopic (exact) mass is 326 g/mol. The minimum absolute atomic E-state index is 0.0798. The Bertz CT molecular complexity index is 832. The van der Waals surface area contributed by atoms with Crippen LogP contribution in [-0.4, -0.2) is 34.9 Å². The fourth-order valence-electron chi connectivity index (χ4n) is 2.38. The number of hydrogen-bond acceptors (Lipinski definition) is 4. The standard InChI is InChI=1S/C17H18N4O3/c1-11-12(7-9-24-11)17(23)19-10-16(22)18-8-6-15-20-13-4-2-3-5-14(13)21-15/h2-5,7,9H,6,8,10H2,1H3,(H,18,22)(H,19,23)(H,20,21). The van der Waals surface area contributed by atoms with Crippen molar-refractivity contribution in [2.24, 2.45) is 0 Å². The minimum atomic E-state index is -0.325. The molecule has 7 heteroatoms. The van der Waals surface area contributed by atoms with E-state index in [9.17, 15) is 9.59 Å². The van der Waals surface area contributed by atoms with Gasteiger partial charge in [0.2, 0.25) is 5.91 Å². The molecule has 1 aromatic carbocycles. The molecule has 2 aromatic heterocycles. The molecule has 0 spiro atoms. The second-order valence-corrected chi connectivity index (χ2v) is 5.37. The van der Waals surface area contributed by atoms with Gasteiger partial charge >= 0.3 is 0 Å². The molecule has 3 N–H and O–H groups in total. The summed E-state index contributed by atoms with van der Waals surface area (Å²) in [7, 11) is 0. The van der Waals surface area contributed by atoms with Crippen molar-refractivity contribution >= 4 is 22.8 Å². The zero-order valence-electron chi connectivity index (χ0n) is 13.3. The number of carbonyl (C=O) groups excluding carboxylic acids is 2. The number of benzene rings is 1. The Balaban J connectivity index is 1.42. The van der Waals surface area contributed by atoms with Gasteiger partial charge in [-0.1, -0.05) is 12.1 Å². The summed E-state index contributed by atoms with van der Waals surface area (Å²) in [6, 6.07) is 9.33. The lowest BCUT2D eigenvalue weighted by molar-refractivity contribution is -0.120. The zero-order chi connectivity index (χ0) is 16.9. The van der Waals surface area contributed by atoms with Crippen molar-refractivity contribution in [3.05, 3.63) is 53.7 Å². The summed E-state index contributed by atoms with van der Waals surface area (Å²) in [6.45, 7) is 2.06. The van der Waals surface area contributed by atoms with Crippen molar-refractivity contribution in [1.82, 2.24) is 20.6 Å². The number of amides is 2. The van der Waals surface area contributed by atoms with Gasteiger partial charge in [0.15, 0.2) is 0 Å². The maximum absolute atomic E-state index is 11.9. The van der Waals surface area contributed by atoms with Gasteiger partial charge in [0.1, 0.15) is 11.6 Å². The highest BCUT2D eigenvalue weighted by atomic mass is 16.3. The molecule has 0 radical (unpaired) electrons. The van der Waals surface area contributed by atoms with Gasteiger partial charge in [0.25, 0.3) is 5.91 Å². The van der Waals surface area contributed by atoms with Gasteiger partial charge in [-0.15, -0.1) is 0 Å². The Morgan fingerprint density at radius 3 is 2.79 bits per heavy atom. The number of nitrogens with zero attached hydrogens (tertiary/aromatic N) is 1. The summed E-state index contributed by atoms with van der Waals surface area (Å²) in [6.07, 6.45) is 2.03. The summed E-state index contributed by atoms with van der Waals surface area (Å²) in [5.74, 6) is 0.765. The third-order valence-corrected chi connectivity index (χ3v) is 3.64. The number of aromatic nitrogens is 2. The van der Waals surface area contributed by atoms with Crippen LogP contribution in [0.25, 0.3) is 11.0 Å². The molecule has 0 aliphatic heterocycles. The van der Waals surface area contributed by atoms with E-state index in [1.54, 1.807) is 13.0 Å². The average molecular weight is 326 g/mol. The quantitative estimate of drug-likeness (QED) is 0.640. The fourth-order valence-corrected chi connectivity index (χ4v) is 2.38. The number of para-hydroxylation sites is 2. The number of hydrogen-bond donors (Lipinski definition) is 3. The third kappa shape index (κ3) is 3.62. The van der Waals surface area contributed by atoms with Crippen molar-refractivity contribution in [3.63, 3.8) is 0 Å². The lowest BCUT2D eigenvalue weighted by Gasteiger charge is -2.05. The molecule has 2 amide bonds. The summed E-state index contributed by atoms with van der Waals surface area (Å²) in [5, 5.41) is 5.32. The summed E-state index contributed by atoms with van der Waals surface area (Å²) >= 11 is 0. The molecule has 0 fully saturated rings. The first-order valence-corrected chi connectivity index (χ1v) is 7.66. The Morgan fingerprint density at radius 1 is 1.21 bits per heavy atom. The smallest absolute Gasteiger partial charge is 0.255 e. The molecule has 2 heterocycles. The van der Waals surface area contributed by atoms with Crippen LogP contribution < -0.4 is 10.6 Å². The van der Waals surface area contributed by atoms with Crippen LogP contribution in [0.4, 0.5) is 0 Å². The predicted molar refractivity (Wildman–Crippen MR) is 88.6 cm³/mol. The van der Waals surface area contributed by atoms with Crippen molar-refractivity contribution in [2.45, 2.75) is 13.3 Å². The molecule has 124 valence electrons. The SMILES string of the molecule is Cc1occc1C(=O)NCC(=O)NCCc1nc2ccccc2[nH]1. The van der Waals surface area contributed by atoms with E-state index in [4.69, 9.17) is 4.42 Å². The first kappa shape index (κ1) is 15.8. The zero-order valence-corrected chi connectivity index (χ0v) is 13.3. The van der Waals surface area contributed by atoms with E-state index in [-0.39, 0.29) is 18.4 Å². The van der Waals surface area contributed by atoms with Crippen molar-refractivity contribution < 1.29 is 14.0 Å². The molecule has 3 rings (SSSR count). The minimum Gasteiger partial charge on any atom is -0.469 e. The molecule has 24 heavy (non-hydrogen) atoms. The van der Waals surface area contributed by atoms with Crippen molar-refractivity contribution in [1.29, 1.82) is 0 Å². The Kier molecular flexibility index (Phi) is 4.60. The Hall–Kier alpha value is -3.09. The normalized spacial score (nSPS) is 10.7. The molecular weight excluding hydrogens is 308 g/mol. The van der Waals surface area contributed by atoms with Gasteiger partial charge in [-0.25, -0.2) is 4.98 Å². The number of carbonyl (C=O) groups is 2. The molecule has 0 atom stereocenters. The number of aryl methyl sites for hydroxylation is 1. The lowest BCUT2D eigenvalue weighted by atomic mass is 10.2. The van der Waals surface area contributed by atoms with Crippen LogP contribution in [0, 0.1) is 6.92 Å². The van der Waals surface area contributed by atoms with Gasteiger partial charge in [-0.3, -0.25) is 9.59 Å².